The van der Waals surface area contributed by atoms with Crippen LogP contribution in [0.25, 0.3) is 0 Å². The predicted molar refractivity (Wildman–Crippen MR) is 75.7 cm³/mol. The summed E-state index contributed by atoms with van der Waals surface area (Å²) in [6.45, 7) is 6.97. The summed E-state index contributed by atoms with van der Waals surface area (Å²) in [4.78, 5) is 2.71. The van der Waals surface area contributed by atoms with Crippen molar-refractivity contribution in [2.75, 3.05) is 26.2 Å². The van der Waals surface area contributed by atoms with Crippen molar-refractivity contribution in [2.45, 2.75) is 32.2 Å². The molecule has 1 saturated carbocycles. The van der Waals surface area contributed by atoms with E-state index in [9.17, 15) is 0 Å². The second-order valence-corrected chi connectivity index (χ2v) is 5.78. The quantitative estimate of drug-likeness (QED) is 0.879. The third kappa shape index (κ3) is 2.32. The summed E-state index contributed by atoms with van der Waals surface area (Å²) in [7, 11) is 0. The minimum Gasteiger partial charge on any atom is -0.314 e. The lowest BCUT2D eigenvalue weighted by atomic mass is 9.75. The molecule has 2 aliphatic rings. The average molecular weight is 244 g/mol. The van der Waals surface area contributed by atoms with Crippen molar-refractivity contribution >= 4 is 0 Å². The first kappa shape index (κ1) is 12.2. The molecule has 2 nitrogen and oxygen atoms in total. The van der Waals surface area contributed by atoms with Gasteiger partial charge in [-0.1, -0.05) is 30.7 Å². The van der Waals surface area contributed by atoms with Crippen LogP contribution in [0.1, 0.15) is 36.4 Å². The Morgan fingerprint density at radius 3 is 2.50 bits per heavy atom. The zero-order valence-electron chi connectivity index (χ0n) is 11.4. The standard InChI is InChI=1S/C16H24N2/c1-13-5-2-3-8-15(13)16(14-6-4-7-14)18-11-9-17-10-12-18/h2-3,5,8,14,16-17H,4,6-7,9-12H2,1H3/t16-/m1/s1. The number of benzene rings is 1. The molecule has 0 unspecified atom stereocenters. The molecule has 2 fully saturated rings. The molecule has 1 heterocycles. The maximum atomic E-state index is 3.47. The fourth-order valence-electron chi connectivity index (χ4n) is 3.38. The predicted octanol–water partition coefficient (Wildman–Crippen LogP) is 2.74. The molecule has 1 atom stereocenters. The summed E-state index contributed by atoms with van der Waals surface area (Å²) < 4.78 is 0. The van der Waals surface area contributed by atoms with E-state index in [1.165, 1.54) is 37.9 Å². The lowest BCUT2D eigenvalue weighted by Crippen LogP contribution is -2.48. The number of aryl methyl sites for hydroxylation is 1. The molecule has 0 radical (unpaired) electrons. The molecule has 1 N–H and O–H groups in total. The van der Waals surface area contributed by atoms with Crippen LogP contribution in [0.15, 0.2) is 24.3 Å². The molecule has 2 heteroatoms. The first-order valence-corrected chi connectivity index (χ1v) is 7.36. The summed E-state index contributed by atoms with van der Waals surface area (Å²) in [6.07, 6.45) is 4.27. The molecule has 0 aromatic heterocycles. The summed E-state index contributed by atoms with van der Waals surface area (Å²) >= 11 is 0. The first-order chi connectivity index (χ1) is 8.86. The van der Waals surface area contributed by atoms with Gasteiger partial charge < -0.3 is 5.32 Å². The molecule has 3 rings (SSSR count). The summed E-state index contributed by atoms with van der Waals surface area (Å²) in [5.41, 5.74) is 3.04. The maximum absolute atomic E-state index is 3.47. The van der Waals surface area contributed by atoms with Crippen LogP contribution in [0.3, 0.4) is 0 Å². The fourth-order valence-corrected chi connectivity index (χ4v) is 3.38. The molecular weight excluding hydrogens is 220 g/mol. The van der Waals surface area contributed by atoms with Crippen LogP contribution in [-0.4, -0.2) is 31.1 Å². The second kappa shape index (κ2) is 5.41. The number of hydrogen-bond donors (Lipinski definition) is 1. The van der Waals surface area contributed by atoms with E-state index < -0.39 is 0 Å². The molecule has 0 spiro atoms. The zero-order chi connectivity index (χ0) is 12.4. The van der Waals surface area contributed by atoms with Crippen molar-refractivity contribution in [3.05, 3.63) is 35.4 Å². The van der Waals surface area contributed by atoms with Crippen LogP contribution < -0.4 is 5.32 Å². The van der Waals surface area contributed by atoms with Crippen molar-refractivity contribution in [1.82, 2.24) is 10.2 Å². The third-order valence-electron chi connectivity index (χ3n) is 4.65. The highest BCUT2D eigenvalue weighted by Crippen LogP contribution is 2.42. The van der Waals surface area contributed by atoms with Crippen LogP contribution in [0.2, 0.25) is 0 Å². The van der Waals surface area contributed by atoms with Gasteiger partial charge in [0.15, 0.2) is 0 Å². The van der Waals surface area contributed by atoms with Gasteiger partial charge in [0.05, 0.1) is 0 Å². The van der Waals surface area contributed by atoms with Gasteiger partial charge in [0, 0.05) is 32.2 Å². The molecular formula is C16H24N2. The van der Waals surface area contributed by atoms with Gasteiger partial charge in [-0.25, -0.2) is 0 Å². The highest BCUT2D eigenvalue weighted by Gasteiger charge is 2.33. The Morgan fingerprint density at radius 2 is 1.89 bits per heavy atom. The normalized spacial score (nSPS) is 23.6. The average Bonchev–Trinajstić information content (AvgIpc) is 2.36. The molecule has 18 heavy (non-hydrogen) atoms. The number of hydrogen-bond acceptors (Lipinski definition) is 2. The lowest BCUT2D eigenvalue weighted by molar-refractivity contribution is 0.0833. The SMILES string of the molecule is Cc1ccccc1[C@@H](C1CCC1)N1CCNCC1. The lowest BCUT2D eigenvalue weighted by Gasteiger charge is -2.43. The van der Waals surface area contributed by atoms with Crippen molar-refractivity contribution in [3.8, 4) is 0 Å². The van der Waals surface area contributed by atoms with Gasteiger partial charge >= 0.3 is 0 Å². The zero-order valence-corrected chi connectivity index (χ0v) is 11.4. The third-order valence-corrected chi connectivity index (χ3v) is 4.65. The van der Waals surface area contributed by atoms with E-state index in [1.807, 2.05) is 0 Å². The Hall–Kier alpha value is -0.860. The maximum Gasteiger partial charge on any atom is 0.0379 e. The van der Waals surface area contributed by atoms with Crippen LogP contribution in [0.4, 0.5) is 0 Å². The number of nitrogens with zero attached hydrogens (tertiary/aromatic N) is 1. The van der Waals surface area contributed by atoms with Crippen molar-refractivity contribution in [2.24, 2.45) is 5.92 Å². The van der Waals surface area contributed by atoms with Gasteiger partial charge in [0.25, 0.3) is 0 Å². The van der Waals surface area contributed by atoms with Gasteiger partial charge in [-0.3, -0.25) is 4.90 Å². The highest BCUT2D eigenvalue weighted by atomic mass is 15.2. The topological polar surface area (TPSA) is 15.3 Å². The Labute approximate surface area is 110 Å². The van der Waals surface area contributed by atoms with E-state index in [1.54, 1.807) is 5.56 Å². The van der Waals surface area contributed by atoms with Crippen molar-refractivity contribution < 1.29 is 0 Å². The fraction of sp³-hybridized carbons (Fsp3) is 0.625. The Balaban J connectivity index is 1.87. The van der Waals surface area contributed by atoms with E-state index in [2.05, 4.69) is 41.4 Å². The molecule has 1 aliphatic heterocycles. The molecule has 1 aromatic rings. The van der Waals surface area contributed by atoms with Crippen LogP contribution in [0, 0.1) is 12.8 Å². The number of rotatable bonds is 3. The van der Waals surface area contributed by atoms with Gasteiger partial charge in [0.2, 0.25) is 0 Å². The minimum absolute atomic E-state index is 0.669. The van der Waals surface area contributed by atoms with Gasteiger partial charge in [-0.2, -0.15) is 0 Å². The van der Waals surface area contributed by atoms with E-state index >= 15 is 0 Å². The number of piperazine rings is 1. The molecule has 1 saturated heterocycles. The molecule has 1 aromatic carbocycles. The second-order valence-electron chi connectivity index (χ2n) is 5.78. The minimum atomic E-state index is 0.669. The van der Waals surface area contributed by atoms with E-state index in [-0.39, 0.29) is 0 Å². The highest BCUT2D eigenvalue weighted by molar-refractivity contribution is 5.30. The summed E-state index contributed by atoms with van der Waals surface area (Å²) in [5.74, 6) is 0.893. The monoisotopic (exact) mass is 244 g/mol. The van der Waals surface area contributed by atoms with E-state index in [4.69, 9.17) is 0 Å². The Kier molecular flexibility index (Phi) is 3.67. The molecule has 98 valence electrons. The van der Waals surface area contributed by atoms with Gasteiger partial charge in [-0.05, 0) is 36.8 Å². The smallest absolute Gasteiger partial charge is 0.0379 e. The number of nitrogens with one attached hydrogen (secondary N) is 1. The molecule has 0 bridgehead atoms. The summed E-state index contributed by atoms with van der Waals surface area (Å²) in [5, 5.41) is 3.47. The summed E-state index contributed by atoms with van der Waals surface area (Å²) in [6, 6.07) is 9.65. The van der Waals surface area contributed by atoms with Crippen LogP contribution in [0.5, 0.6) is 0 Å². The van der Waals surface area contributed by atoms with Crippen molar-refractivity contribution in [3.63, 3.8) is 0 Å². The first-order valence-electron chi connectivity index (χ1n) is 7.36. The van der Waals surface area contributed by atoms with Gasteiger partial charge in [-0.15, -0.1) is 0 Å². The van der Waals surface area contributed by atoms with Crippen LogP contribution >= 0.6 is 0 Å². The van der Waals surface area contributed by atoms with E-state index in [0.29, 0.717) is 6.04 Å². The largest absolute Gasteiger partial charge is 0.314 e. The molecule has 0 amide bonds. The van der Waals surface area contributed by atoms with Gasteiger partial charge in [0.1, 0.15) is 0 Å². The van der Waals surface area contributed by atoms with Crippen LogP contribution in [-0.2, 0) is 0 Å². The van der Waals surface area contributed by atoms with Crippen molar-refractivity contribution in [1.29, 1.82) is 0 Å². The Bertz CT molecular complexity index is 392. The van der Waals surface area contributed by atoms with E-state index in [0.717, 1.165) is 19.0 Å². The molecule has 1 aliphatic carbocycles. The Morgan fingerprint density at radius 1 is 1.17 bits per heavy atom.